The van der Waals surface area contributed by atoms with E-state index in [4.69, 9.17) is 0 Å². The number of hydrogen-bond acceptors (Lipinski definition) is 5. The molecule has 0 atom stereocenters. The van der Waals surface area contributed by atoms with Gasteiger partial charge in [0, 0.05) is 45.3 Å². The van der Waals surface area contributed by atoms with E-state index in [-0.39, 0.29) is 5.91 Å². The fourth-order valence-corrected chi connectivity index (χ4v) is 3.28. The molecule has 6 heteroatoms. The van der Waals surface area contributed by atoms with E-state index in [1.165, 1.54) is 5.56 Å². The van der Waals surface area contributed by atoms with Gasteiger partial charge in [0.2, 0.25) is 0 Å². The summed E-state index contributed by atoms with van der Waals surface area (Å²) in [6.07, 6.45) is 2.04. The maximum absolute atomic E-state index is 12.3. The summed E-state index contributed by atoms with van der Waals surface area (Å²) in [5, 5.41) is 2.94. The minimum Gasteiger partial charge on any atom is -0.354 e. The van der Waals surface area contributed by atoms with E-state index >= 15 is 0 Å². The topological polar surface area (TPSA) is 61.4 Å². The first-order valence-corrected chi connectivity index (χ1v) is 9.81. The number of carbonyl (C=O) groups excluding carboxylic acids is 1. The predicted molar refractivity (Wildman–Crippen MR) is 108 cm³/mol. The van der Waals surface area contributed by atoms with Gasteiger partial charge < -0.3 is 10.2 Å². The lowest BCUT2D eigenvalue weighted by Gasteiger charge is -2.35. The largest absolute Gasteiger partial charge is 0.354 e. The third-order valence-electron chi connectivity index (χ3n) is 4.82. The molecule has 0 spiro atoms. The van der Waals surface area contributed by atoms with Crippen molar-refractivity contribution in [3.05, 3.63) is 53.5 Å². The summed E-state index contributed by atoms with van der Waals surface area (Å²) in [4.78, 5) is 25.9. The number of anilines is 1. The summed E-state index contributed by atoms with van der Waals surface area (Å²) in [6.45, 7) is 9.38. The minimum absolute atomic E-state index is 0.113. The van der Waals surface area contributed by atoms with E-state index in [1.54, 1.807) is 0 Å². The molecule has 2 aromatic rings. The Labute approximate surface area is 161 Å². The van der Waals surface area contributed by atoms with Crippen molar-refractivity contribution in [2.24, 2.45) is 0 Å². The predicted octanol–water partition coefficient (Wildman–Crippen LogP) is 2.64. The number of nitrogens with zero attached hydrogens (tertiary/aromatic N) is 4. The van der Waals surface area contributed by atoms with Crippen molar-refractivity contribution in [3.8, 4) is 0 Å². The first-order valence-electron chi connectivity index (χ1n) is 9.81. The molecular formula is C21H29N5O. The number of carbonyl (C=O) groups is 1. The van der Waals surface area contributed by atoms with E-state index < -0.39 is 0 Å². The standard InChI is InChI=1S/C21H29N5O/c1-3-4-10-22-21(27)19-15-20(24-17(2)23-19)26-13-11-25(12-14-26)16-18-8-6-5-7-9-18/h5-9,15H,3-4,10-14,16H2,1-2H3,(H,22,27). The van der Waals surface area contributed by atoms with Crippen LogP contribution in [0.15, 0.2) is 36.4 Å². The highest BCUT2D eigenvalue weighted by Crippen LogP contribution is 2.16. The highest BCUT2D eigenvalue weighted by Gasteiger charge is 2.20. The molecule has 0 aliphatic carbocycles. The molecule has 1 aromatic heterocycles. The average Bonchev–Trinajstić information content (AvgIpc) is 2.69. The van der Waals surface area contributed by atoms with Crippen LogP contribution in [0.25, 0.3) is 0 Å². The fourth-order valence-electron chi connectivity index (χ4n) is 3.28. The lowest BCUT2D eigenvalue weighted by molar-refractivity contribution is 0.0947. The number of hydrogen-bond donors (Lipinski definition) is 1. The highest BCUT2D eigenvalue weighted by atomic mass is 16.1. The summed E-state index contributed by atoms with van der Waals surface area (Å²) >= 11 is 0. The second kappa shape index (κ2) is 9.46. The molecule has 1 amide bonds. The van der Waals surface area contributed by atoms with Gasteiger partial charge in [-0.25, -0.2) is 9.97 Å². The van der Waals surface area contributed by atoms with Crippen LogP contribution in [0.3, 0.4) is 0 Å². The molecule has 1 aliphatic heterocycles. The van der Waals surface area contributed by atoms with Gasteiger partial charge >= 0.3 is 0 Å². The van der Waals surface area contributed by atoms with Crippen molar-refractivity contribution in [1.82, 2.24) is 20.2 Å². The molecule has 1 fully saturated rings. The van der Waals surface area contributed by atoms with Crippen molar-refractivity contribution in [2.45, 2.75) is 33.2 Å². The van der Waals surface area contributed by atoms with Crippen molar-refractivity contribution in [2.75, 3.05) is 37.6 Å². The first kappa shape index (κ1) is 19.3. The van der Waals surface area contributed by atoms with Gasteiger partial charge in [0.1, 0.15) is 17.3 Å². The summed E-state index contributed by atoms with van der Waals surface area (Å²) < 4.78 is 0. The number of rotatable bonds is 7. The number of nitrogens with one attached hydrogen (secondary N) is 1. The van der Waals surface area contributed by atoms with Crippen molar-refractivity contribution in [1.29, 1.82) is 0 Å². The lowest BCUT2D eigenvalue weighted by atomic mass is 10.2. The molecule has 1 aromatic carbocycles. The Bertz CT molecular complexity index is 741. The van der Waals surface area contributed by atoms with Crippen LogP contribution in [0, 0.1) is 6.92 Å². The third kappa shape index (κ3) is 5.50. The smallest absolute Gasteiger partial charge is 0.270 e. The zero-order valence-corrected chi connectivity index (χ0v) is 16.3. The van der Waals surface area contributed by atoms with E-state index in [9.17, 15) is 4.79 Å². The lowest BCUT2D eigenvalue weighted by Crippen LogP contribution is -2.46. The molecule has 1 N–H and O–H groups in total. The van der Waals surface area contributed by atoms with Gasteiger partial charge in [-0.2, -0.15) is 0 Å². The Balaban J connectivity index is 1.59. The molecule has 144 valence electrons. The Morgan fingerprint density at radius 1 is 1.11 bits per heavy atom. The minimum atomic E-state index is -0.113. The number of aromatic nitrogens is 2. The van der Waals surface area contributed by atoms with Crippen molar-refractivity contribution < 1.29 is 4.79 Å². The van der Waals surface area contributed by atoms with Crippen LogP contribution in [0.5, 0.6) is 0 Å². The normalized spacial score (nSPS) is 15.0. The van der Waals surface area contributed by atoms with Crippen LogP contribution < -0.4 is 10.2 Å². The summed E-state index contributed by atoms with van der Waals surface area (Å²) in [7, 11) is 0. The quantitative estimate of drug-likeness (QED) is 0.763. The van der Waals surface area contributed by atoms with Crippen LogP contribution >= 0.6 is 0 Å². The van der Waals surface area contributed by atoms with Crippen LogP contribution in [0.2, 0.25) is 0 Å². The summed E-state index contributed by atoms with van der Waals surface area (Å²) in [5.41, 5.74) is 1.80. The molecule has 3 rings (SSSR count). The second-order valence-electron chi connectivity index (χ2n) is 7.02. The zero-order valence-electron chi connectivity index (χ0n) is 16.3. The number of amides is 1. The van der Waals surface area contributed by atoms with Crippen LogP contribution in [0.1, 0.15) is 41.6 Å². The van der Waals surface area contributed by atoms with Crippen molar-refractivity contribution >= 4 is 11.7 Å². The van der Waals surface area contributed by atoms with Gasteiger partial charge in [-0.15, -0.1) is 0 Å². The molecule has 2 heterocycles. The maximum atomic E-state index is 12.3. The van der Waals surface area contributed by atoms with Crippen molar-refractivity contribution in [3.63, 3.8) is 0 Å². The molecule has 1 aliphatic rings. The summed E-state index contributed by atoms with van der Waals surface area (Å²) in [6, 6.07) is 12.4. The SMILES string of the molecule is CCCCNC(=O)c1cc(N2CCN(Cc3ccccc3)CC2)nc(C)n1. The van der Waals surface area contributed by atoms with Gasteiger partial charge in [-0.05, 0) is 18.9 Å². The molecule has 0 saturated carbocycles. The average molecular weight is 367 g/mol. The van der Waals surface area contributed by atoms with Gasteiger partial charge in [-0.1, -0.05) is 43.7 Å². The number of unbranched alkanes of at least 4 members (excludes halogenated alkanes) is 1. The monoisotopic (exact) mass is 367 g/mol. The van der Waals surface area contributed by atoms with E-state index in [1.807, 2.05) is 13.0 Å². The van der Waals surface area contributed by atoms with Gasteiger partial charge in [0.05, 0.1) is 0 Å². The number of aryl methyl sites for hydroxylation is 1. The molecule has 0 unspecified atom stereocenters. The number of benzene rings is 1. The highest BCUT2D eigenvalue weighted by molar-refractivity contribution is 5.92. The molecule has 6 nitrogen and oxygen atoms in total. The van der Waals surface area contributed by atoms with E-state index in [2.05, 4.69) is 62.3 Å². The van der Waals surface area contributed by atoms with E-state index in [0.717, 1.165) is 51.4 Å². The maximum Gasteiger partial charge on any atom is 0.270 e. The molecule has 0 radical (unpaired) electrons. The molecule has 0 bridgehead atoms. The third-order valence-corrected chi connectivity index (χ3v) is 4.82. The van der Waals surface area contributed by atoms with Crippen LogP contribution in [0.4, 0.5) is 5.82 Å². The Hall–Kier alpha value is -2.47. The number of piperazine rings is 1. The molecular weight excluding hydrogens is 338 g/mol. The van der Waals surface area contributed by atoms with Gasteiger partial charge in [0.15, 0.2) is 0 Å². The second-order valence-corrected chi connectivity index (χ2v) is 7.02. The summed E-state index contributed by atoms with van der Waals surface area (Å²) in [5.74, 6) is 1.38. The van der Waals surface area contributed by atoms with Gasteiger partial charge in [-0.3, -0.25) is 9.69 Å². The first-order chi connectivity index (χ1) is 13.2. The molecule has 1 saturated heterocycles. The van der Waals surface area contributed by atoms with E-state index in [0.29, 0.717) is 18.1 Å². The van der Waals surface area contributed by atoms with Crippen LogP contribution in [-0.4, -0.2) is 53.5 Å². The Morgan fingerprint density at radius 3 is 2.56 bits per heavy atom. The molecule has 27 heavy (non-hydrogen) atoms. The van der Waals surface area contributed by atoms with Gasteiger partial charge in [0.25, 0.3) is 5.91 Å². The Kier molecular flexibility index (Phi) is 6.76. The fraction of sp³-hybridized carbons (Fsp3) is 0.476. The van der Waals surface area contributed by atoms with Crippen LogP contribution in [-0.2, 0) is 6.54 Å². The zero-order chi connectivity index (χ0) is 19.1. The Morgan fingerprint density at radius 2 is 1.85 bits per heavy atom.